The molecule has 0 saturated carbocycles. The molecule has 0 fully saturated rings. The molecule has 0 spiro atoms. The second-order valence-electron chi connectivity index (χ2n) is 6.97. The predicted molar refractivity (Wildman–Crippen MR) is 97.1 cm³/mol. The predicted octanol–water partition coefficient (Wildman–Crippen LogP) is 3.45. The molecule has 7 heteroatoms. The maximum atomic E-state index is 13.1. The fourth-order valence-corrected chi connectivity index (χ4v) is 2.31. The van der Waals surface area contributed by atoms with E-state index >= 15 is 0 Å². The van der Waals surface area contributed by atoms with Gasteiger partial charge in [0.2, 0.25) is 0 Å². The monoisotopic (exact) mass is 380 g/mol. The first-order valence-corrected chi connectivity index (χ1v) is 8.55. The minimum atomic E-state index is -1.54. The van der Waals surface area contributed by atoms with Gasteiger partial charge in [0, 0.05) is 0 Å². The van der Waals surface area contributed by atoms with Crippen molar-refractivity contribution in [1.29, 1.82) is 0 Å². The van der Waals surface area contributed by atoms with Crippen LogP contribution in [0.2, 0.25) is 0 Å². The van der Waals surface area contributed by atoms with E-state index in [2.05, 4.69) is 0 Å². The van der Waals surface area contributed by atoms with Gasteiger partial charge < -0.3 is 14.6 Å². The Labute approximate surface area is 158 Å². The topological polar surface area (TPSA) is 89.9 Å². The number of carboxylic acid groups (broad SMARTS) is 1. The van der Waals surface area contributed by atoms with Gasteiger partial charge in [-0.05, 0) is 57.9 Å². The zero-order valence-corrected chi connectivity index (χ0v) is 16.1. The summed E-state index contributed by atoms with van der Waals surface area (Å²) in [5.74, 6) is -6.19. The third-order valence-corrected chi connectivity index (χ3v) is 3.57. The van der Waals surface area contributed by atoms with Crippen LogP contribution >= 0.6 is 0 Å². The zero-order chi connectivity index (χ0) is 20.8. The average Bonchev–Trinajstić information content (AvgIpc) is 2.54. The van der Waals surface area contributed by atoms with Crippen molar-refractivity contribution in [3.05, 3.63) is 41.2 Å². The third-order valence-electron chi connectivity index (χ3n) is 3.57. The first-order chi connectivity index (χ1) is 12.5. The molecule has 0 aliphatic carbocycles. The van der Waals surface area contributed by atoms with Gasteiger partial charge in [-0.3, -0.25) is 14.4 Å². The van der Waals surface area contributed by atoms with Crippen LogP contribution in [0.4, 0.5) is 4.39 Å². The van der Waals surface area contributed by atoms with Gasteiger partial charge in [-0.2, -0.15) is 0 Å². The number of esters is 2. The number of ether oxygens (including phenoxy) is 2. The van der Waals surface area contributed by atoms with Crippen molar-refractivity contribution in [3.63, 3.8) is 0 Å². The highest BCUT2D eigenvalue weighted by Gasteiger charge is 2.39. The molecule has 0 aromatic heterocycles. The maximum absolute atomic E-state index is 13.1. The first kappa shape index (κ1) is 22.3. The Kier molecular flexibility index (Phi) is 7.69. The van der Waals surface area contributed by atoms with Gasteiger partial charge in [-0.15, -0.1) is 0 Å². The van der Waals surface area contributed by atoms with E-state index in [0.717, 1.165) is 0 Å². The molecular weight excluding hydrogens is 355 g/mol. The summed E-state index contributed by atoms with van der Waals surface area (Å²) in [5.41, 5.74) is -0.436. The summed E-state index contributed by atoms with van der Waals surface area (Å²) >= 11 is 0. The Morgan fingerprint density at radius 1 is 1.15 bits per heavy atom. The lowest BCUT2D eigenvalue weighted by atomic mass is 9.87. The molecule has 27 heavy (non-hydrogen) atoms. The molecule has 0 bridgehead atoms. The number of hydrogen-bond acceptors (Lipinski definition) is 5. The molecule has 0 saturated heterocycles. The highest BCUT2D eigenvalue weighted by molar-refractivity contribution is 6.00. The fourth-order valence-electron chi connectivity index (χ4n) is 2.31. The van der Waals surface area contributed by atoms with Crippen LogP contribution < -0.4 is 0 Å². The van der Waals surface area contributed by atoms with E-state index in [1.54, 1.807) is 27.7 Å². The second-order valence-corrected chi connectivity index (χ2v) is 6.97. The maximum Gasteiger partial charge on any atom is 0.325 e. The Morgan fingerprint density at radius 3 is 2.15 bits per heavy atom. The molecule has 148 valence electrons. The SMILES string of the molecule is CCOC(=O)C(C(=O)OC(C)(C)C)/C(=C/c1ccc(F)cc1)C(C)C(=O)O. The van der Waals surface area contributed by atoms with Gasteiger partial charge in [-0.1, -0.05) is 18.2 Å². The van der Waals surface area contributed by atoms with Crippen LogP contribution in [-0.4, -0.2) is 35.2 Å². The number of carbonyl (C=O) groups excluding carboxylic acids is 2. The van der Waals surface area contributed by atoms with Gasteiger partial charge in [0.15, 0.2) is 5.92 Å². The van der Waals surface area contributed by atoms with Gasteiger partial charge >= 0.3 is 17.9 Å². The number of hydrogen-bond donors (Lipinski definition) is 1. The van der Waals surface area contributed by atoms with Crippen molar-refractivity contribution < 1.29 is 33.4 Å². The minimum Gasteiger partial charge on any atom is -0.481 e. The number of aliphatic carboxylic acids is 1. The molecule has 2 atom stereocenters. The van der Waals surface area contributed by atoms with Crippen LogP contribution in [0.5, 0.6) is 0 Å². The Bertz CT molecular complexity index is 715. The van der Waals surface area contributed by atoms with E-state index in [9.17, 15) is 23.9 Å². The summed E-state index contributed by atoms with van der Waals surface area (Å²) in [6, 6.07) is 5.23. The molecule has 1 aromatic rings. The number of carbonyl (C=O) groups is 3. The largest absolute Gasteiger partial charge is 0.481 e. The van der Waals surface area contributed by atoms with E-state index in [1.807, 2.05) is 0 Å². The summed E-state index contributed by atoms with van der Waals surface area (Å²) in [5, 5.41) is 9.44. The lowest BCUT2D eigenvalue weighted by Gasteiger charge is -2.26. The quantitative estimate of drug-likeness (QED) is 0.576. The molecule has 1 rings (SSSR count). The average molecular weight is 380 g/mol. The van der Waals surface area contributed by atoms with Crippen molar-refractivity contribution in [2.75, 3.05) is 6.61 Å². The molecule has 1 N–H and O–H groups in total. The standard InChI is InChI=1S/C20H25FO6/c1-6-26-18(24)16(19(25)27-20(3,4)5)15(12(2)17(22)23)11-13-7-9-14(21)10-8-13/h7-12,16H,6H2,1-5H3,(H,22,23)/b15-11+. The first-order valence-electron chi connectivity index (χ1n) is 8.55. The number of halogens is 1. The Balaban J connectivity index is 3.48. The second kappa shape index (κ2) is 9.30. The van der Waals surface area contributed by atoms with E-state index in [0.29, 0.717) is 5.56 Å². The normalized spacial score (nSPS) is 14.2. The summed E-state index contributed by atoms with van der Waals surface area (Å²) in [4.78, 5) is 36.7. The van der Waals surface area contributed by atoms with Crippen LogP contribution in [0.25, 0.3) is 6.08 Å². The molecule has 6 nitrogen and oxygen atoms in total. The van der Waals surface area contributed by atoms with Gasteiger partial charge in [-0.25, -0.2) is 4.39 Å². The fraction of sp³-hybridized carbons (Fsp3) is 0.450. The van der Waals surface area contributed by atoms with Crippen molar-refractivity contribution in [3.8, 4) is 0 Å². The molecule has 1 aromatic carbocycles. The zero-order valence-electron chi connectivity index (χ0n) is 16.1. The highest BCUT2D eigenvalue weighted by atomic mass is 19.1. The number of carboxylic acids is 1. The molecule has 0 amide bonds. The van der Waals surface area contributed by atoms with Crippen molar-refractivity contribution in [1.82, 2.24) is 0 Å². The van der Waals surface area contributed by atoms with Gasteiger partial charge in [0.25, 0.3) is 0 Å². The summed E-state index contributed by atoms with van der Waals surface area (Å²) in [7, 11) is 0. The Hall–Kier alpha value is -2.70. The molecule has 0 radical (unpaired) electrons. The van der Waals surface area contributed by atoms with Gasteiger partial charge in [0.05, 0.1) is 12.5 Å². The number of rotatable bonds is 7. The van der Waals surface area contributed by atoms with E-state index < -0.39 is 41.2 Å². The summed E-state index contributed by atoms with van der Waals surface area (Å²) in [6.45, 7) is 7.86. The van der Waals surface area contributed by atoms with E-state index in [-0.39, 0.29) is 12.2 Å². The summed E-state index contributed by atoms with van der Waals surface area (Å²) in [6.07, 6.45) is 1.38. The molecule has 0 aliphatic rings. The van der Waals surface area contributed by atoms with Crippen LogP contribution in [-0.2, 0) is 23.9 Å². The third kappa shape index (κ3) is 6.84. The van der Waals surface area contributed by atoms with Crippen molar-refractivity contribution in [2.24, 2.45) is 11.8 Å². The lowest BCUT2D eigenvalue weighted by Crippen LogP contribution is -2.37. The molecule has 2 unspecified atom stereocenters. The number of benzene rings is 1. The van der Waals surface area contributed by atoms with E-state index in [4.69, 9.17) is 9.47 Å². The Morgan fingerprint density at radius 2 is 1.70 bits per heavy atom. The van der Waals surface area contributed by atoms with Crippen LogP contribution in [0.1, 0.15) is 40.2 Å². The highest BCUT2D eigenvalue weighted by Crippen LogP contribution is 2.28. The lowest BCUT2D eigenvalue weighted by molar-refractivity contribution is -0.167. The minimum absolute atomic E-state index is 0.00167. The van der Waals surface area contributed by atoms with Crippen molar-refractivity contribution >= 4 is 24.0 Å². The molecule has 0 aliphatic heterocycles. The summed E-state index contributed by atoms with van der Waals surface area (Å²) < 4.78 is 23.4. The van der Waals surface area contributed by atoms with Crippen LogP contribution in [0.15, 0.2) is 29.8 Å². The van der Waals surface area contributed by atoms with E-state index in [1.165, 1.54) is 37.3 Å². The van der Waals surface area contributed by atoms with Crippen molar-refractivity contribution in [2.45, 2.75) is 40.2 Å². The molecule has 0 heterocycles. The molecular formula is C20H25FO6. The van der Waals surface area contributed by atoms with Gasteiger partial charge in [0.1, 0.15) is 11.4 Å². The van der Waals surface area contributed by atoms with Crippen LogP contribution in [0.3, 0.4) is 0 Å². The smallest absolute Gasteiger partial charge is 0.325 e. The van der Waals surface area contributed by atoms with Crippen LogP contribution in [0, 0.1) is 17.7 Å².